The molecule has 2 aromatic rings. The second-order valence-corrected chi connectivity index (χ2v) is 9.90. The SMILES string of the molecule is O=C(c1cccc(Oc2nccs2)c1)N1CCN(C2CCS(=O)(=O)C2)CC1. The van der Waals surface area contributed by atoms with E-state index in [-0.39, 0.29) is 23.5 Å². The first-order valence-corrected chi connectivity index (χ1v) is 11.6. The van der Waals surface area contributed by atoms with Gasteiger partial charge in [0.05, 0.1) is 11.5 Å². The Hall–Kier alpha value is -1.97. The van der Waals surface area contributed by atoms with Crippen molar-refractivity contribution in [3.8, 4) is 10.9 Å². The van der Waals surface area contributed by atoms with Gasteiger partial charge in [-0.05, 0) is 24.6 Å². The minimum atomic E-state index is -2.88. The van der Waals surface area contributed by atoms with Gasteiger partial charge in [0.25, 0.3) is 11.1 Å². The molecular formula is C18H21N3O4S2. The van der Waals surface area contributed by atoms with Crippen molar-refractivity contribution >= 4 is 27.1 Å². The van der Waals surface area contributed by atoms with Crippen LogP contribution in [0.2, 0.25) is 0 Å². The standard InChI is InChI=1S/C18H21N3O4S2/c22-17(14-2-1-3-16(12-14)25-18-19-5-10-26-18)21-8-6-20(7-9-21)15-4-11-27(23,24)13-15/h1-3,5,10,12,15H,4,6-9,11,13H2. The molecule has 9 heteroatoms. The van der Waals surface area contributed by atoms with Crippen molar-refractivity contribution in [2.75, 3.05) is 37.7 Å². The number of carbonyl (C=O) groups excluding carboxylic acids is 1. The van der Waals surface area contributed by atoms with E-state index >= 15 is 0 Å². The molecular weight excluding hydrogens is 386 g/mol. The van der Waals surface area contributed by atoms with Gasteiger partial charge >= 0.3 is 0 Å². The van der Waals surface area contributed by atoms with Gasteiger partial charge in [0.15, 0.2) is 9.84 Å². The highest BCUT2D eigenvalue weighted by Crippen LogP contribution is 2.25. The number of amides is 1. The molecule has 144 valence electrons. The Morgan fingerprint density at radius 1 is 1.22 bits per heavy atom. The zero-order chi connectivity index (χ0) is 18.9. The van der Waals surface area contributed by atoms with Gasteiger partial charge in [0, 0.05) is 49.4 Å². The summed E-state index contributed by atoms with van der Waals surface area (Å²) in [6.07, 6.45) is 2.37. The highest BCUT2D eigenvalue weighted by atomic mass is 32.2. The number of aromatic nitrogens is 1. The lowest BCUT2D eigenvalue weighted by atomic mass is 10.1. The zero-order valence-corrected chi connectivity index (χ0v) is 16.4. The van der Waals surface area contributed by atoms with Crippen molar-refractivity contribution in [1.82, 2.24) is 14.8 Å². The van der Waals surface area contributed by atoms with E-state index in [0.29, 0.717) is 49.1 Å². The Balaban J connectivity index is 1.37. The van der Waals surface area contributed by atoms with E-state index < -0.39 is 9.84 Å². The molecule has 1 unspecified atom stereocenters. The highest BCUT2D eigenvalue weighted by Gasteiger charge is 2.34. The summed E-state index contributed by atoms with van der Waals surface area (Å²) in [6, 6.07) is 7.22. The van der Waals surface area contributed by atoms with E-state index in [1.165, 1.54) is 11.3 Å². The van der Waals surface area contributed by atoms with Crippen molar-refractivity contribution in [2.24, 2.45) is 0 Å². The van der Waals surface area contributed by atoms with Gasteiger partial charge in [-0.25, -0.2) is 13.4 Å². The third kappa shape index (κ3) is 4.31. The fourth-order valence-corrected chi connectivity index (χ4v) is 5.86. The Labute approximate surface area is 162 Å². The molecule has 2 saturated heterocycles. The summed E-state index contributed by atoms with van der Waals surface area (Å²) in [5, 5.41) is 2.37. The van der Waals surface area contributed by atoms with Gasteiger partial charge in [-0.2, -0.15) is 0 Å². The van der Waals surface area contributed by atoms with Crippen LogP contribution in [0.15, 0.2) is 35.8 Å². The van der Waals surface area contributed by atoms with Crippen LogP contribution in [0.5, 0.6) is 10.9 Å². The number of thiazole rings is 1. The fourth-order valence-electron chi connectivity index (χ4n) is 3.59. The van der Waals surface area contributed by atoms with E-state index in [4.69, 9.17) is 4.74 Å². The maximum absolute atomic E-state index is 12.8. The summed E-state index contributed by atoms with van der Waals surface area (Å²) in [7, 11) is -2.88. The number of ether oxygens (including phenoxy) is 1. The van der Waals surface area contributed by atoms with Crippen LogP contribution in [0.4, 0.5) is 0 Å². The van der Waals surface area contributed by atoms with Crippen LogP contribution in [0.1, 0.15) is 16.8 Å². The Kier molecular flexibility index (Phi) is 5.16. The van der Waals surface area contributed by atoms with Crippen molar-refractivity contribution < 1.29 is 17.9 Å². The summed E-state index contributed by atoms with van der Waals surface area (Å²) in [6.45, 7) is 2.63. The Bertz CT molecular complexity index is 906. The Morgan fingerprint density at radius 2 is 2.04 bits per heavy atom. The Morgan fingerprint density at radius 3 is 2.70 bits per heavy atom. The van der Waals surface area contributed by atoms with E-state index in [1.54, 1.807) is 30.5 Å². The van der Waals surface area contributed by atoms with Crippen molar-refractivity contribution in [2.45, 2.75) is 12.5 Å². The van der Waals surface area contributed by atoms with Crippen LogP contribution < -0.4 is 4.74 Å². The van der Waals surface area contributed by atoms with Gasteiger partial charge in [-0.3, -0.25) is 9.69 Å². The molecule has 1 aromatic heterocycles. The first kappa shape index (κ1) is 18.4. The molecule has 1 amide bonds. The maximum Gasteiger partial charge on any atom is 0.278 e. The lowest BCUT2D eigenvalue weighted by Crippen LogP contribution is -2.52. The second-order valence-electron chi connectivity index (χ2n) is 6.81. The van der Waals surface area contributed by atoms with Crippen LogP contribution in [0.25, 0.3) is 0 Å². The van der Waals surface area contributed by atoms with Crippen molar-refractivity contribution in [3.63, 3.8) is 0 Å². The van der Waals surface area contributed by atoms with Crippen LogP contribution in [-0.4, -0.2) is 72.8 Å². The lowest BCUT2D eigenvalue weighted by Gasteiger charge is -2.37. The lowest BCUT2D eigenvalue weighted by molar-refractivity contribution is 0.0587. The third-order valence-electron chi connectivity index (χ3n) is 5.02. The van der Waals surface area contributed by atoms with E-state index in [9.17, 15) is 13.2 Å². The smallest absolute Gasteiger partial charge is 0.278 e. The molecule has 3 heterocycles. The van der Waals surface area contributed by atoms with Crippen LogP contribution >= 0.6 is 11.3 Å². The van der Waals surface area contributed by atoms with E-state index in [1.807, 2.05) is 10.3 Å². The molecule has 0 N–H and O–H groups in total. The largest absolute Gasteiger partial charge is 0.431 e. The highest BCUT2D eigenvalue weighted by molar-refractivity contribution is 7.91. The summed E-state index contributed by atoms with van der Waals surface area (Å²) in [5.41, 5.74) is 0.584. The van der Waals surface area contributed by atoms with E-state index in [2.05, 4.69) is 9.88 Å². The van der Waals surface area contributed by atoms with Crippen LogP contribution in [-0.2, 0) is 9.84 Å². The fraction of sp³-hybridized carbons (Fsp3) is 0.444. The molecule has 7 nitrogen and oxygen atoms in total. The van der Waals surface area contributed by atoms with E-state index in [0.717, 1.165) is 0 Å². The molecule has 0 bridgehead atoms. The number of hydrogen-bond acceptors (Lipinski definition) is 7. The van der Waals surface area contributed by atoms with Crippen molar-refractivity contribution in [1.29, 1.82) is 0 Å². The molecule has 2 aliphatic rings. The predicted molar refractivity (Wildman–Crippen MR) is 103 cm³/mol. The van der Waals surface area contributed by atoms with Crippen molar-refractivity contribution in [3.05, 3.63) is 41.4 Å². The third-order valence-corrected chi connectivity index (χ3v) is 7.42. The first-order chi connectivity index (χ1) is 13.0. The van der Waals surface area contributed by atoms with Crippen LogP contribution in [0.3, 0.4) is 0 Å². The number of piperazine rings is 1. The van der Waals surface area contributed by atoms with Gasteiger partial charge in [-0.15, -0.1) is 0 Å². The first-order valence-electron chi connectivity index (χ1n) is 8.91. The molecule has 0 radical (unpaired) electrons. The minimum absolute atomic E-state index is 0.0294. The number of rotatable bonds is 4. The minimum Gasteiger partial charge on any atom is -0.431 e. The molecule has 2 fully saturated rings. The molecule has 0 saturated carbocycles. The number of benzene rings is 1. The second kappa shape index (κ2) is 7.57. The van der Waals surface area contributed by atoms with Gasteiger partial charge in [0.1, 0.15) is 5.75 Å². The molecule has 4 rings (SSSR count). The molecule has 27 heavy (non-hydrogen) atoms. The normalized spacial score (nSPS) is 22.7. The number of nitrogens with zero attached hydrogens (tertiary/aromatic N) is 3. The average Bonchev–Trinajstić information content (AvgIpc) is 3.31. The zero-order valence-electron chi connectivity index (χ0n) is 14.8. The number of carbonyl (C=O) groups is 1. The molecule has 0 spiro atoms. The summed E-state index contributed by atoms with van der Waals surface area (Å²) in [4.78, 5) is 20.9. The monoisotopic (exact) mass is 407 g/mol. The molecule has 1 atom stereocenters. The predicted octanol–water partition coefficient (Wildman–Crippen LogP) is 1.88. The summed E-state index contributed by atoms with van der Waals surface area (Å²) in [5.74, 6) is 1.09. The topological polar surface area (TPSA) is 79.8 Å². The van der Waals surface area contributed by atoms with Crippen LogP contribution in [0, 0.1) is 0 Å². The van der Waals surface area contributed by atoms with Gasteiger partial charge in [-0.1, -0.05) is 17.4 Å². The van der Waals surface area contributed by atoms with Gasteiger partial charge < -0.3 is 9.64 Å². The number of sulfone groups is 1. The molecule has 1 aromatic carbocycles. The average molecular weight is 408 g/mol. The summed E-state index contributed by atoms with van der Waals surface area (Å²) < 4.78 is 29.0. The quantitative estimate of drug-likeness (QED) is 0.770. The summed E-state index contributed by atoms with van der Waals surface area (Å²) >= 11 is 1.40. The molecule has 2 aliphatic heterocycles. The maximum atomic E-state index is 12.8. The number of hydrogen-bond donors (Lipinski definition) is 0. The van der Waals surface area contributed by atoms with Gasteiger partial charge in [0.2, 0.25) is 0 Å². The molecule has 0 aliphatic carbocycles.